The van der Waals surface area contributed by atoms with E-state index in [1.54, 1.807) is 18.2 Å². The van der Waals surface area contributed by atoms with E-state index in [-0.39, 0.29) is 5.75 Å². The maximum Gasteiger partial charge on any atom is 0.344 e. The first kappa shape index (κ1) is 16.0. The Labute approximate surface area is 124 Å². The van der Waals surface area contributed by atoms with Gasteiger partial charge >= 0.3 is 5.97 Å². The van der Waals surface area contributed by atoms with Crippen molar-refractivity contribution < 1.29 is 27.1 Å². The molecule has 1 unspecified atom stereocenters. The van der Waals surface area contributed by atoms with Crippen molar-refractivity contribution in [2.75, 3.05) is 0 Å². The van der Waals surface area contributed by atoms with Gasteiger partial charge < -0.3 is 4.74 Å². The van der Waals surface area contributed by atoms with Crippen molar-refractivity contribution in [3.05, 3.63) is 65.0 Å². The van der Waals surface area contributed by atoms with Crippen LogP contribution in [0.2, 0.25) is 0 Å². The van der Waals surface area contributed by atoms with E-state index in [1.807, 2.05) is 0 Å². The monoisotopic (exact) mass is 312 g/mol. The lowest BCUT2D eigenvalue weighted by Gasteiger charge is -2.12. The van der Waals surface area contributed by atoms with Crippen LogP contribution >= 0.6 is 0 Å². The van der Waals surface area contributed by atoms with E-state index in [1.165, 1.54) is 12.1 Å². The first-order chi connectivity index (χ1) is 10.4. The van der Waals surface area contributed by atoms with E-state index in [2.05, 4.69) is 0 Å². The summed E-state index contributed by atoms with van der Waals surface area (Å²) in [4.78, 5) is 12.0. The van der Waals surface area contributed by atoms with Gasteiger partial charge in [0.2, 0.25) is 0 Å². The summed E-state index contributed by atoms with van der Waals surface area (Å²) in [6.45, 7) is 1.12. The molecule has 0 amide bonds. The molecular formula is C16H12F4O2. The van der Waals surface area contributed by atoms with Crippen LogP contribution in [0.5, 0.6) is 5.75 Å². The number of hydrogen-bond donors (Lipinski definition) is 0. The standard InChI is InChI=1S/C16H12F4O2/c1-9(17)7-11-12(8-13(18)15(20)14(11)19)16(21)22-10-5-3-2-4-6-10/h2-6,8-9H,7H2,1H3. The summed E-state index contributed by atoms with van der Waals surface area (Å²) >= 11 is 0. The summed E-state index contributed by atoms with van der Waals surface area (Å²) in [7, 11) is 0. The molecule has 0 spiro atoms. The van der Waals surface area contributed by atoms with Crippen molar-refractivity contribution in [2.24, 2.45) is 0 Å². The number of alkyl halides is 1. The highest BCUT2D eigenvalue weighted by Crippen LogP contribution is 2.24. The fraction of sp³-hybridized carbons (Fsp3) is 0.188. The Morgan fingerprint density at radius 3 is 2.36 bits per heavy atom. The van der Waals surface area contributed by atoms with Gasteiger partial charge in [-0.25, -0.2) is 22.4 Å². The molecule has 0 aliphatic rings. The third-order valence-electron chi connectivity index (χ3n) is 2.92. The summed E-state index contributed by atoms with van der Waals surface area (Å²) in [6.07, 6.45) is -2.11. The lowest BCUT2D eigenvalue weighted by molar-refractivity contribution is 0.0731. The second-order valence-corrected chi connectivity index (χ2v) is 4.70. The Kier molecular flexibility index (Phi) is 4.80. The fourth-order valence-corrected chi connectivity index (χ4v) is 1.95. The molecule has 0 aromatic heterocycles. The number of carbonyl (C=O) groups is 1. The number of halogens is 4. The van der Waals surface area contributed by atoms with Crippen LogP contribution in [-0.2, 0) is 6.42 Å². The summed E-state index contributed by atoms with van der Waals surface area (Å²) < 4.78 is 58.5. The first-order valence-corrected chi connectivity index (χ1v) is 6.47. The molecule has 0 radical (unpaired) electrons. The van der Waals surface area contributed by atoms with Crippen LogP contribution in [0.1, 0.15) is 22.8 Å². The van der Waals surface area contributed by atoms with Crippen molar-refractivity contribution in [1.82, 2.24) is 0 Å². The average molecular weight is 312 g/mol. The number of benzene rings is 2. The van der Waals surface area contributed by atoms with Crippen LogP contribution in [0.25, 0.3) is 0 Å². The predicted octanol–water partition coefficient (Wildman–Crippen LogP) is 4.22. The largest absolute Gasteiger partial charge is 0.423 e. The zero-order valence-electron chi connectivity index (χ0n) is 11.6. The highest BCUT2D eigenvalue weighted by Gasteiger charge is 2.25. The number of ether oxygens (including phenoxy) is 1. The normalized spacial score (nSPS) is 12.0. The van der Waals surface area contributed by atoms with Gasteiger partial charge in [-0.2, -0.15) is 0 Å². The fourth-order valence-electron chi connectivity index (χ4n) is 1.95. The SMILES string of the molecule is CC(F)Cc1c(C(=O)Oc2ccccc2)cc(F)c(F)c1F. The van der Waals surface area contributed by atoms with Gasteiger partial charge in [0.25, 0.3) is 0 Å². The molecule has 0 aliphatic carbocycles. The number of para-hydroxylation sites is 1. The van der Waals surface area contributed by atoms with Gasteiger partial charge in [0, 0.05) is 12.0 Å². The summed E-state index contributed by atoms with van der Waals surface area (Å²) in [5.41, 5.74) is -1.08. The van der Waals surface area contributed by atoms with Crippen LogP contribution in [-0.4, -0.2) is 12.1 Å². The number of esters is 1. The van der Waals surface area contributed by atoms with Crippen molar-refractivity contribution in [3.8, 4) is 5.75 Å². The summed E-state index contributed by atoms with van der Waals surface area (Å²) in [5, 5.41) is 0. The third kappa shape index (κ3) is 3.44. The lowest BCUT2D eigenvalue weighted by Crippen LogP contribution is -2.17. The van der Waals surface area contributed by atoms with Gasteiger partial charge in [0.15, 0.2) is 17.5 Å². The molecule has 6 heteroatoms. The number of rotatable bonds is 4. The molecule has 0 N–H and O–H groups in total. The van der Waals surface area contributed by atoms with Crippen LogP contribution in [0.3, 0.4) is 0 Å². The molecule has 0 bridgehead atoms. The minimum Gasteiger partial charge on any atom is -0.423 e. The summed E-state index contributed by atoms with van der Waals surface area (Å²) in [5.74, 6) is -5.79. The number of carbonyl (C=O) groups excluding carboxylic acids is 1. The minimum atomic E-state index is -1.74. The van der Waals surface area contributed by atoms with E-state index >= 15 is 0 Å². The van der Waals surface area contributed by atoms with Crippen molar-refractivity contribution >= 4 is 5.97 Å². The van der Waals surface area contributed by atoms with Crippen molar-refractivity contribution in [2.45, 2.75) is 19.5 Å². The zero-order valence-corrected chi connectivity index (χ0v) is 11.6. The van der Waals surface area contributed by atoms with E-state index in [9.17, 15) is 22.4 Å². The lowest BCUT2D eigenvalue weighted by atomic mass is 10.0. The van der Waals surface area contributed by atoms with Gasteiger partial charge in [0.1, 0.15) is 11.9 Å². The van der Waals surface area contributed by atoms with Crippen LogP contribution in [0.4, 0.5) is 17.6 Å². The molecule has 2 nitrogen and oxygen atoms in total. The quantitative estimate of drug-likeness (QED) is 0.366. The van der Waals surface area contributed by atoms with Gasteiger partial charge in [0.05, 0.1) is 5.56 Å². The Morgan fingerprint density at radius 2 is 1.77 bits per heavy atom. The highest BCUT2D eigenvalue weighted by molar-refractivity contribution is 5.92. The Balaban J connectivity index is 2.42. The molecular weight excluding hydrogens is 300 g/mol. The molecule has 2 rings (SSSR count). The van der Waals surface area contributed by atoms with Crippen LogP contribution < -0.4 is 4.74 Å². The zero-order chi connectivity index (χ0) is 16.3. The first-order valence-electron chi connectivity index (χ1n) is 6.47. The minimum absolute atomic E-state index is 0.150. The van der Waals surface area contributed by atoms with Gasteiger partial charge in [-0.3, -0.25) is 0 Å². The molecule has 0 fully saturated rings. The number of hydrogen-bond acceptors (Lipinski definition) is 2. The summed E-state index contributed by atoms with van der Waals surface area (Å²) in [6, 6.07) is 8.32. The second kappa shape index (κ2) is 6.60. The van der Waals surface area contributed by atoms with Crippen molar-refractivity contribution in [1.29, 1.82) is 0 Å². The van der Waals surface area contributed by atoms with Gasteiger partial charge in [-0.05, 0) is 25.1 Å². The van der Waals surface area contributed by atoms with Crippen molar-refractivity contribution in [3.63, 3.8) is 0 Å². The van der Waals surface area contributed by atoms with Crippen LogP contribution in [0, 0.1) is 17.5 Å². The average Bonchev–Trinajstić information content (AvgIpc) is 2.48. The molecule has 0 aliphatic heterocycles. The van der Waals surface area contributed by atoms with E-state index < -0.39 is 47.1 Å². The molecule has 2 aromatic carbocycles. The Hall–Kier alpha value is -2.37. The highest BCUT2D eigenvalue weighted by atomic mass is 19.2. The second-order valence-electron chi connectivity index (χ2n) is 4.70. The van der Waals surface area contributed by atoms with Gasteiger partial charge in [-0.15, -0.1) is 0 Å². The third-order valence-corrected chi connectivity index (χ3v) is 2.92. The predicted molar refractivity (Wildman–Crippen MR) is 72.0 cm³/mol. The molecule has 22 heavy (non-hydrogen) atoms. The Morgan fingerprint density at radius 1 is 1.14 bits per heavy atom. The van der Waals surface area contributed by atoms with E-state index in [0.717, 1.165) is 6.92 Å². The Bertz CT molecular complexity index is 684. The molecule has 116 valence electrons. The smallest absolute Gasteiger partial charge is 0.344 e. The van der Waals surface area contributed by atoms with Gasteiger partial charge in [-0.1, -0.05) is 18.2 Å². The van der Waals surface area contributed by atoms with Crippen LogP contribution in [0.15, 0.2) is 36.4 Å². The topological polar surface area (TPSA) is 26.3 Å². The maximum atomic E-state index is 13.8. The molecule has 0 heterocycles. The molecule has 1 atom stereocenters. The van der Waals surface area contributed by atoms with E-state index in [4.69, 9.17) is 4.74 Å². The molecule has 0 saturated heterocycles. The maximum absolute atomic E-state index is 13.8. The molecule has 2 aromatic rings. The van der Waals surface area contributed by atoms with E-state index in [0.29, 0.717) is 6.07 Å². The molecule has 0 saturated carbocycles.